The van der Waals surface area contributed by atoms with Crippen LogP contribution in [0.25, 0.3) is 11.0 Å². The van der Waals surface area contributed by atoms with Crippen molar-refractivity contribution >= 4 is 34.2 Å². The number of alkyl halides is 1. The number of halogens is 2. The van der Waals surface area contributed by atoms with Gasteiger partial charge in [-0.3, -0.25) is 0 Å². The fourth-order valence-corrected chi connectivity index (χ4v) is 2.02. The Morgan fingerprint density at radius 3 is 2.94 bits per heavy atom. The maximum Gasteiger partial charge on any atom is 0.128 e. The first kappa shape index (κ1) is 11.3. The minimum absolute atomic E-state index is 0.181. The van der Waals surface area contributed by atoms with Crippen LogP contribution in [0.5, 0.6) is 0 Å². The van der Waals surface area contributed by atoms with Gasteiger partial charge in [-0.25, -0.2) is 4.98 Å². The summed E-state index contributed by atoms with van der Waals surface area (Å²) in [5, 5.41) is 0.478. The maximum absolute atomic E-state index is 6.07. The van der Waals surface area contributed by atoms with Crippen molar-refractivity contribution < 1.29 is 0 Å². The SMILES string of the molecule is C#CCn1c(C(C)Cl)nc2cc(Cl)ccc21. The van der Waals surface area contributed by atoms with Crippen molar-refractivity contribution in [1.82, 2.24) is 9.55 Å². The lowest BCUT2D eigenvalue weighted by molar-refractivity contribution is 0.769. The Bertz CT molecular complexity index is 564. The smallest absolute Gasteiger partial charge is 0.128 e. The molecule has 0 radical (unpaired) electrons. The van der Waals surface area contributed by atoms with Gasteiger partial charge in [-0.15, -0.1) is 18.0 Å². The summed E-state index contributed by atoms with van der Waals surface area (Å²) in [7, 11) is 0. The van der Waals surface area contributed by atoms with Crippen LogP contribution in [0.3, 0.4) is 0 Å². The molecule has 82 valence electrons. The zero-order valence-corrected chi connectivity index (χ0v) is 10.3. The third-order valence-electron chi connectivity index (χ3n) is 2.34. The van der Waals surface area contributed by atoms with Crippen molar-refractivity contribution in [2.75, 3.05) is 0 Å². The fourth-order valence-electron chi connectivity index (χ4n) is 1.68. The summed E-state index contributed by atoms with van der Waals surface area (Å²) in [5.41, 5.74) is 1.79. The highest BCUT2D eigenvalue weighted by molar-refractivity contribution is 6.31. The van der Waals surface area contributed by atoms with Gasteiger partial charge in [-0.2, -0.15) is 0 Å². The van der Waals surface area contributed by atoms with Gasteiger partial charge in [0.25, 0.3) is 0 Å². The lowest BCUT2D eigenvalue weighted by Gasteiger charge is -2.06. The van der Waals surface area contributed by atoms with E-state index in [0.29, 0.717) is 11.6 Å². The predicted octanol–water partition coefficient (Wildman–Crippen LogP) is 3.62. The summed E-state index contributed by atoms with van der Waals surface area (Å²) in [6, 6.07) is 5.54. The Hall–Kier alpha value is -1.17. The Balaban J connectivity index is 2.71. The van der Waals surface area contributed by atoms with Gasteiger partial charge in [0.1, 0.15) is 5.82 Å². The molecular weight excluding hydrogens is 243 g/mol. The second-order valence-electron chi connectivity index (χ2n) is 3.51. The summed E-state index contributed by atoms with van der Waals surface area (Å²) in [6.07, 6.45) is 5.34. The van der Waals surface area contributed by atoms with Gasteiger partial charge in [0, 0.05) is 5.02 Å². The lowest BCUT2D eigenvalue weighted by Crippen LogP contribution is -2.02. The van der Waals surface area contributed by atoms with E-state index in [2.05, 4.69) is 10.9 Å². The highest BCUT2D eigenvalue weighted by atomic mass is 35.5. The van der Waals surface area contributed by atoms with Gasteiger partial charge >= 0.3 is 0 Å². The van der Waals surface area contributed by atoms with Crippen molar-refractivity contribution in [2.45, 2.75) is 18.8 Å². The number of hydrogen-bond acceptors (Lipinski definition) is 1. The molecule has 2 rings (SSSR count). The molecule has 0 N–H and O–H groups in total. The molecule has 0 amide bonds. The molecule has 2 aromatic rings. The van der Waals surface area contributed by atoms with Gasteiger partial charge < -0.3 is 4.57 Å². The summed E-state index contributed by atoms with van der Waals surface area (Å²) < 4.78 is 1.93. The molecule has 0 bridgehead atoms. The van der Waals surface area contributed by atoms with Crippen LogP contribution in [-0.2, 0) is 6.54 Å². The van der Waals surface area contributed by atoms with Gasteiger partial charge in [-0.05, 0) is 25.1 Å². The van der Waals surface area contributed by atoms with E-state index >= 15 is 0 Å². The number of aromatic nitrogens is 2. The van der Waals surface area contributed by atoms with Crippen molar-refractivity contribution in [3.8, 4) is 12.3 Å². The van der Waals surface area contributed by atoms with E-state index in [9.17, 15) is 0 Å². The molecule has 0 aliphatic heterocycles. The first-order chi connectivity index (χ1) is 7.63. The molecule has 0 saturated heterocycles. The Morgan fingerprint density at radius 1 is 1.56 bits per heavy atom. The first-order valence-electron chi connectivity index (χ1n) is 4.86. The zero-order valence-electron chi connectivity index (χ0n) is 8.74. The summed E-state index contributed by atoms with van der Waals surface area (Å²) >= 11 is 12.0. The molecule has 0 saturated carbocycles. The number of fused-ring (bicyclic) bond motifs is 1. The Kier molecular flexibility index (Phi) is 3.09. The standard InChI is InChI=1S/C12H10Cl2N2/c1-3-6-16-11-5-4-9(14)7-10(11)15-12(16)8(2)13/h1,4-5,7-8H,6H2,2H3. The predicted molar refractivity (Wildman–Crippen MR) is 67.8 cm³/mol. The van der Waals surface area contributed by atoms with E-state index in [1.165, 1.54) is 0 Å². The van der Waals surface area contributed by atoms with E-state index in [4.69, 9.17) is 29.6 Å². The van der Waals surface area contributed by atoms with E-state index in [0.717, 1.165) is 16.9 Å². The van der Waals surface area contributed by atoms with Crippen molar-refractivity contribution in [3.05, 3.63) is 29.0 Å². The molecule has 0 aliphatic carbocycles. The molecule has 1 unspecified atom stereocenters. The van der Waals surface area contributed by atoms with Crippen LogP contribution in [0, 0.1) is 12.3 Å². The minimum atomic E-state index is -0.181. The normalized spacial score (nSPS) is 12.6. The van der Waals surface area contributed by atoms with Crippen LogP contribution in [0.1, 0.15) is 18.1 Å². The molecule has 0 aliphatic rings. The van der Waals surface area contributed by atoms with Crippen molar-refractivity contribution in [2.24, 2.45) is 0 Å². The van der Waals surface area contributed by atoms with Crippen LogP contribution in [0.4, 0.5) is 0 Å². The van der Waals surface area contributed by atoms with E-state index in [1.54, 1.807) is 0 Å². The van der Waals surface area contributed by atoms with Crippen LogP contribution in [0.15, 0.2) is 18.2 Å². The van der Waals surface area contributed by atoms with E-state index in [1.807, 2.05) is 29.7 Å². The highest BCUT2D eigenvalue weighted by Crippen LogP contribution is 2.26. The van der Waals surface area contributed by atoms with Gasteiger partial charge in [-0.1, -0.05) is 17.5 Å². The number of hydrogen-bond donors (Lipinski definition) is 0. The first-order valence-corrected chi connectivity index (χ1v) is 5.68. The average Bonchev–Trinajstić information content (AvgIpc) is 2.57. The Morgan fingerprint density at radius 2 is 2.31 bits per heavy atom. The van der Waals surface area contributed by atoms with Gasteiger partial charge in [0.05, 0.1) is 23.0 Å². The topological polar surface area (TPSA) is 17.8 Å². The second-order valence-corrected chi connectivity index (χ2v) is 4.60. The molecular formula is C12H10Cl2N2. The largest absolute Gasteiger partial charge is 0.315 e. The van der Waals surface area contributed by atoms with Crippen LogP contribution in [-0.4, -0.2) is 9.55 Å². The quantitative estimate of drug-likeness (QED) is 0.590. The molecule has 1 heterocycles. The summed E-state index contributed by atoms with van der Waals surface area (Å²) in [6.45, 7) is 2.34. The monoisotopic (exact) mass is 252 g/mol. The van der Waals surface area contributed by atoms with E-state index in [-0.39, 0.29) is 5.38 Å². The number of nitrogens with zero attached hydrogens (tertiary/aromatic N) is 2. The number of terminal acetylenes is 1. The third-order valence-corrected chi connectivity index (χ3v) is 2.78. The minimum Gasteiger partial charge on any atom is -0.315 e. The molecule has 0 spiro atoms. The number of rotatable bonds is 2. The highest BCUT2D eigenvalue weighted by Gasteiger charge is 2.14. The zero-order chi connectivity index (χ0) is 11.7. The van der Waals surface area contributed by atoms with Gasteiger partial charge in [0.15, 0.2) is 0 Å². The molecule has 1 atom stereocenters. The number of imidazole rings is 1. The lowest BCUT2D eigenvalue weighted by atomic mass is 10.3. The van der Waals surface area contributed by atoms with Crippen molar-refractivity contribution in [1.29, 1.82) is 0 Å². The molecule has 1 aromatic carbocycles. The number of benzene rings is 1. The van der Waals surface area contributed by atoms with Crippen LogP contribution >= 0.6 is 23.2 Å². The third kappa shape index (κ3) is 1.89. The van der Waals surface area contributed by atoms with Crippen LogP contribution < -0.4 is 0 Å². The van der Waals surface area contributed by atoms with Crippen molar-refractivity contribution in [3.63, 3.8) is 0 Å². The molecule has 2 nitrogen and oxygen atoms in total. The maximum atomic E-state index is 6.07. The molecule has 16 heavy (non-hydrogen) atoms. The molecule has 1 aromatic heterocycles. The summed E-state index contributed by atoms with van der Waals surface area (Å²) in [5.74, 6) is 3.38. The van der Waals surface area contributed by atoms with Crippen LogP contribution in [0.2, 0.25) is 5.02 Å². The summed E-state index contributed by atoms with van der Waals surface area (Å²) in [4.78, 5) is 4.44. The molecule has 0 fully saturated rings. The Labute approximate surface area is 104 Å². The van der Waals surface area contributed by atoms with E-state index < -0.39 is 0 Å². The second kappa shape index (κ2) is 4.37. The fraction of sp³-hybridized carbons (Fsp3) is 0.250. The van der Waals surface area contributed by atoms with Gasteiger partial charge in [0.2, 0.25) is 0 Å². The average molecular weight is 253 g/mol. The molecule has 4 heteroatoms.